The Bertz CT molecular complexity index is 416. The molecular weight excluding hydrogens is 294 g/mol. The highest BCUT2D eigenvalue weighted by atomic mass is 16.6. The highest BCUT2D eigenvalue weighted by molar-refractivity contribution is 5.82. The first-order chi connectivity index (χ1) is 10.5. The lowest BCUT2D eigenvalue weighted by molar-refractivity contribution is -0.138. The number of carbonyl (C=O) groups is 2. The fourth-order valence-corrected chi connectivity index (χ4v) is 3.11. The molecule has 6 heteroatoms. The monoisotopic (exact) mass is 327 g/mol. The molecule has 0 aliphatic heterocycles. The van der Waals surface area contributed by atoms with Crippen LogP contribution in [0.1, 0.15) is 67.2 Å². The van der Waals surface area contributed by atoms with Crippen LogP contribution in [0.4, 0.5) is 4.79 Å². The van der Waals surface area contributed by atoms with E-state index in [0.717, 1.165) is 25.7 Å². The molecule has 3 atom stereocenters. The van der Waals surface area contributed by atoms with Gasteiger partial charge in [0.15, 0.2) is 0 Å². The molecule has 1 aliphatic rings. The van der Waals surface area contributed by atoms with Gasteiger partial charge in [-0.15, -0.1) is 0 Å². The summed E-state index contributed by atoms with van der Waals surface area (Å²) in [5, 5.41) is 2.96. The molecule has 6 nitrogen and oxygen atoms in total. The smallest absolute Gasteiger partial charge is 0.407 e. The molecule has 2 amide bonds. The number of nitrogens with zero attached hydrogens (tertiary/aromatic N) is 1. The molecule has 1 saturated carbocycles. The van der Waals surface area contributed by atoms with Gasteiger partial charge in [-0.2, -0.15) is 0 Å². The third-order valence-electron chi connectivity index (χ3n) is 3.99. The van der Waals surface area contributed by atoms with Gasteiger partial charge in [-0.3, -0.25) is 4.79 Å². The maximum atomic E-state index is 12.5. The number of hydrogen-bond donors (Lipinski definition) is 2. The lowest BCUT2D eigenvalue weighted by Crippen LogP contribution is -2.59. The summed E-state index contributed by atoms with van der Waals surface area (Å²) in [6.45, 7) is 11.2. The number of alkyl carbamates (subject to hydrolysis) is 1. The number of amides is 2. The molecule has 1 fully saturated rings. The van der Waals surface area contributed by atoms with Crippen molar-refractivity contribution in [2.45, 2.75) is 97.0 Å². The lowest BCUT2D eigenvalue weighted by atomic mass is 9.88. The van der Waals surface area contributed by atoms with Crippen LogP contribution in [-0.2, 0) is 9.53 Å². The van der Waals surface area contributed by atoms with Gasteiger partial charge in [0.1, 0.15) is 5.60 Å². The first-order valence-corrected chi connectivity index (χ1v) is 8.60. The Morgan fingerprint density at radius 2 is 1.74 bits per heavy atom. The number of hydrogen-bond acceptors (Lipinski definition) is 4. The van der Waals surface area contributed by atoms with Gasteiger partial charge in [0.05, 0.1) is 18.1 Å². The second-order valence-corrected chi connectivity index (χ2v) is 7.73. The molecule has 0 aromatic heterocycles. The molecule has 1 aliphatic carbocycles. The summed E-state index contributed by atoms with van der Waals surface area (Å²) in [6.07, 6.45) is 3.38. The quantitative estimate of drug-likeness (QED) is 0.830. The van der Waals surface area contributed by atoms with Gasteiger partial charge in [-0.1, -0.05) is 12.8 Å². The summed E-state index contributed by atoms with van der Waals surface area (Å²) in [5.74, 6) is -0.0668. The van der Waals surface area contributed by atoms with Crippen molar-refractivity contribution in [1.82, 2.24) is 10.2 Å². The minimum atomic E-state index is -0.540. The highest BCUT2D eigenvalue weighted by Crippen LogP contribution is 2.26. The van der Waals surface area contributed by atoms with Crippen LogP contribution < -0.4 is 11.1 Å². The van der Waals surface area contributed by atoms with Crippen molar-refractivity contribution in [3.05, 3.63) is 0 Å². The largest absolute Gasteiger partial charge is 0.444 e. The van der Waals surface area contributed by atoms with Crippen LogP contribution in [-0.4, -0.2) is 46.7 Å². The SMILES string of the molecule is CC(C)N(C(=O)[C@H](C)N)[C@@H]1CCCC[C@@H]1NC(=O)OC(C)(C)C. The first kappa shape index (κ1) is 19.7. The molecule has 0 bridgehead atoms. The van der Waals surface area contributed by atoms with Gasteiger partial charge < -0.3 is 20.7 Å². The molecule has 0 radical (unpaired) electrons. The van der Waals surface area contributed by atoms with E-state index in [9.17, 15) is 9.59 Å². The van der Waals surface area contributed by atoms with Crippen molar-refractivity contribution in [1.29, 1.82) is 0 Å². The Hall–Kier alpha value is -1.30. The molecule has 0 spiro atoms. The summed E-state index contributed by atoms with van der Waals surface area (Å²) in [5.41, 5.74) is 5.27. The van der Waals surface area contributed by atoms with Crippen LogP contribution in [0.15, 0.2) is 0 Å². The average molecular weight is 327 g/mol. The summed E-state index contributed by atoms with van der Waals surface area (Å²) in [6, 6.07) is -0.625. The number of nitrogens with one attached hydrogen (secondary N) is 1. The van der Waals surface area contributed by atoms with Gasteiger partial charge >= 0.3 is 6.09 Å². The molecule has 0 aromatic rings. The standard InChI is InChI=1S/C17H33N3O3/c1-11(2)20(15(21)12(3)18)14-10-8-7-9-13(14)19-16(22)23-17(4,5)6/h11-14H,7-10,18H2,1-6H3,(H,19,22)/t12-,13-,14+/m0/s1. The zero-order chi connectivity index (χ0) is 17.8. The summed E-state index contributed by atoms with van der Waals surface area (Å²) in [4.78, 5) is 26.4. The third-order valence-corrected chi connectivity index (χ3v) is 3.99. The summed E-state index contributed by atoms with van der Waals surface area (Å²) < 4.78 is 5.36. The number of nitrogens with two attached hydrogens (primary N) is 1. The zero-order valence-corrected chi connectivity index (χ0v) is 15.4. The van der Waals surface area contributed by atoms with E-state index in [1.165, 1.54) is 0 Å². The van der Waals surface area contributed by atoms with Gasteiger partial charge in [-0.05, 0) is 54.4 Å². The van der Waals surface area contributed by atoms with Crippen LogP contribution in [0.2, 0.25) is 0 Å². The summed E-state index contributed by atoms with van der Waals surface area (Å²) >= 11 is 0. The van der Waals surface area contributed by atoms with Gasteiger partial charge in [-0.25, -0.2) is 4.79 Å². The Morgan fingerprint density at radius 3 is 2.22 bits per heavy atom. The number of carbonyl (C=O) groups excluding carboxylic acids is 2. The zero-order valence-electron chi connectivity index (χ0n) is 15.4. The van der Waals surface area contributed by atoms with Gasteiger partial charge in [0.2, 0.25) is 5.91 Å². The molecule has 0 saturated heterocycles. The number of ether oxygens (including phenoxy) is 1. The molecule has 134 valence electrons. The predicted octanol–water partition coefficient (Wildman–Crippen LogP) is 2.41. The van der Waals surface area contributed by atoms with Crippen LogP contribution in [0.25, 0.3) is 0 Å². The Labute approximate surface area is 140 Å². The Balaban J connectivity index is 2.87. The molecule has 1 rings (SSSR count). The van der Waals surface area contributed by atoms with Gasteiger partial charge in [0.25, 0.3) is 0 Å². The second kappa shape index (κ2) is 7.99. The van der Waals surface area contributed by atoms with E-state index in [0.29, 0.717) is 0 Å². The van der Waals surface area contributed by atoms with E-state index < -0.39 is 17.7 Å². The van der Waals surface area contributed by atoms with Crippen molar-refractivity contribution < 1.29 is 14.3 Å². The molecular formula is C17H33N3O3. The van der Waals surface area contributed by atoms with Crippen molar-refractivity contribution in [3.8, 4) is 0 Å². The predicted molar refractivity (Wildman–Crippen MR) is 91.0 cm³/mol. The van der Waals surface area contributed by atoms with Gasteiger partial charge in [0, 0.05) is 6.04 Å². The van der Waals surface area contributed by atoms with Crippen LogP contribution in [0.3, 0.4) is 0 Å². The minimum Gasteiger partial charge on any atom is -0.444 e. The molecule has 0 heterocycles. The maximum absolute atomic E-state index is 12.5. The van der Waals surface area contributed by atoms with E-state index in [1.807, 2.05) is 39.5 Å². The molecule has 3 N–H and O–H groups in total. The third kappa shape index (κ3) is 6.01. The Morgan fingerprint density at radius 1 is 1.17 bits per heavy atom. The van der Waals surface area contributed by atoms with Crippen molar-refractivity contribution in [2.75, 3.05) is 0 Å². The van der Waals surface area contributed by atoms with E-state index in [4.69, 9.17) is 10.5 Å². The molecule has 0 aromatic carbocycles. The topological polar surface area (TPSA) is 84.7 Å². The fourth-order valence-electron chi connectivity index (χ4n) is 3.11. The van der Waals surface area contributed by atoms with Crippen molar-refractivity contribution in [2.24, 2.45) is 5.73 Å². The highest BCUT2D eigenvalue weighted by Gasteiger charge is 2.36. The van der Waals surface area contributed by atoms with Crippen LogP contribution in [0, 0.1) is 0 Å². The molecule has 0 unspecified atom stereocenters. The van der Waals surface area contributed by atoms with Crippen molar-refractivity contribution in [3.63, 3.8) is 0 Å². The average Bonchev–Trinajstić information content (AvgIpc) is 2.38. The normalized spacial score (nSPS) is 23.3. The first-order valence-electron chi connectivity index (χ1n) is 8.60. The van der Waals surface area contributed by atoms with Crippen LogP contribution >= 0.6 is 0 Å². The van der Waals surface area contributed by atoms with Crippen molar-refractivity contribution >= 4 is 12.0 Å². The second-order valence-electron chi connectivity index (χ2n) is 7.73. The molecule has 23 heavy (non-hydrogen) atoms. The maximum Gasteiger partial charge on any atom is 0.407 e. The van der Waals surface area contributed by atoms with Crippen LogP contribution in [0.5, 0.6) is 0 Å². The lowest BCUT2D eigenvalue weighted by Gasteiger charge is -2.43. The van der Waals surface area contributed by atoms with E-state index in [1.54, 1.807) is 6.92 Å². The van der Waals surface area contributed by atoms with E-state index in [2.05, 4.69) is 5.32 Å². The number of rotatable bonds is 4. The van der Waals surface area contributed by atoms with E-state index in [-0.39, 0.29) is 24.0 Å². The fraction of sp³-hybridized carbons (Fsp3) is 0.882. The minimum absolute atomic E-state index is 0.0326. The Kier molecular flexibility index (Phi) is 6.86. The summed E-state index contributed by atoms with van der Waals surface area (Å²) in [7, 11) is 0. The van der Waals surface area contributed by atoms with E-state index >= 15 is 0 Å².